The van der Waals surface area contributed by atoms with E-state index < -0.39 is 21.4 Å². The Hall–Kier alpha value is -1.18. The molecule has 0 spiro atoms. The van der Waals surface area contributed by atoms with Gasteiger partial charge in [0.1, 0.15) is 5.82 Å². The van der Waals surface area contributed by atoms with Crippen molar-refractivity contribution < 1.29 is 17.9 Å². The summed E-state index contributed by atoms with van der Waals surface area (Å²) < 4.78 is 40.4. The predicted molar refractivity (Wildman–Crippen MR) is 71.8 cm³/mol. The zero-order valence-corrected chi connectivity index (χ0v) is 12.2. The van der Waals surface area contributed by atoms with Gasteiger partial charge in [-0.15, -0.1) is 0 Å². The summed E-state index contributed by atoms with van der Waals surface area (Å²) >= 11 is 0. The van der Waals surface area contributed by atoms with Crippen LogP contribution in [0.2, 0.25) is 0 Å². The van der Waals surface area contributed by atoms with Crippen molar-refractivity contribution in [1.82, 2.24) is 4.72 Å². The standard InChI is InChI=1S/C12H19FN2O3S/c1-7-5-9(13)10(14)8(2)11(7)19(17,18)15-12(3,4)6-16/h5,15-16H,6,14H2,1-4H3. The topological polar surface area (TPSA) is 92.4 Å². The summed E-state index contributed by atoms with van der Waals surface area (Å²) in [6, 6.07) is 1.09. The molecule has 108 valence electrons. The Bertz CT molecular complexity index is 597. The minimum Gasteiger partial charge on any atom is -0.396 e. The van der Waals surface area contributed by atoms with Gasteiger partial charge in [-0.3, -0.25) is 0 Å². The van der Waals surface area contributed by atoms with Gasteiger partial charge in [0, 0.05) is 0 Å². The molecule has 0 aliphatic rings. The SMILES string of the molecule is Cc1cc(F)c(N)c(C)c1S(=O)(=O)NC(C)(C)CO. The van der Waals surface area contributed by atoms with Gasteiger partial charge in [-0.2, -0.15) is 0 Å². The summed E-state index contributed by atoms with van der Waals surface area (Å²) in [6.07, 6.45) is 0. The Morgan fingerprint density at radius 3 is 2.42 bits per heavy atom. The smallest absolute Gasteiger partial charge is 0.241 e. The molecule has 4 N–H and O–H groups in total. The molecule has 0 aromatic heterocycles. The molecule has 0 bridgehead atoms. The van der Waals surface area contributed by atoms with Crippen LogP contribution in [0.25, 0.3) is 0 Å². The van der Waals surface area contributed by atoms with Crippen molar-refractivity contribution in [3.8, 4) is 0 Å². The van der Waals surface area contributed by atoms with Crippen molar-refractivity contribution in [2.75, 3.05) is 12.3 Å². The number of rotatable bonds is 4. The third kappa shape index (κ3) is 3.23. The van der Waals surface area contributed by atoms with Crippen molar-refractivity contribution in [2.45, 2.75) is 38.1 Å². The lowest BCUT2D eigenvalue weighted by atomic mass is 10.1. The molecule has 0 saturated heterocycles. The Morgan fingerprint density at radius 2 is 1.95 bits per heavy atom. The number of halogens is 1. The summed E-state index contributed by atoms with van der Waals surface area (Å²) in [4.78, 5) is -0.0482. The average Bonchev–Trinajstić information content (AvgIpc) is 2.24. The lowest BCUT2D eigenvalue weighted by molar-refractivity contribution is 0.208. The first-order valence-corrected chi connectivity index (χ1v) is 7.20. The van der Waals surface area contributed by atoms with Gasteiger partial charge < -0.3 is 10.8 Å². The number of nitrogen functional groups attached to an aromatic ring is 1. The van der Waals surface area contributed by atoms with E-state index in [0.29, 0.717) is 0 Å². The molecule has 0 amide bonds. The number of aliphatic hydroxyl groups excluding tert-OH is 1. The number of aryl methyl sites for hydroxylation is 1. The maximum Gasteiger partial charge on any atom is 0.241 e. The van der Waals surface area contributed by atoms with Gasteiger partial charge in [-0.1, -0.05) is 0 Å². The highest BCUT2D eigenvalue weighted by atomic mass is 32.2. The third-order valence-corrected chi connectivity index (χ3v) is 4.76. The Kier molecular flexibility index (Phi) is 4.23. The van der Waals surface area contributed by atoms with E-state index in [-0.39, 0.29) is 28.3 Å². The second-order valence-corrected chi connectivity index (χ2v) is 6.81. The van der Waals surface area contributed by atoms with Crippen LogP contribution in [-0.2, 0) is 10.0 Å². The molecule has 19 heavy (non-hydrogen) atoms. The molecule has 0 saturated carbocycles. The fourth-order valence-electron chi connectivity index (χ4n) is 1.79. The number of nitrogens with one attached hydrogen (secondary N) is 1. The van der Waals surface area contributed by atoms with Gasteiger partial charge >= 0.3 is 0 Å². The zero-order valence-electron chi connectivity index (χ0n) is 11.4. The van der Waals surface area contributed by atoms with Crippen LogP contribution in [0.15, 0.2) is 11.0 Å². The average molecular weight is 290 g/mol. The van der Waals surface area contributed by atoms with E-state index in [1.165, 1.54) is 13.8 Å². The van der Waals surface area contributed by atoms with Gasteiger partial charge in [0.05, 0.1) is 22.7 Å². The Morgan fingerprint density at radius 1 is 1.42 bits per heavy atom. The van der Waals surface area contributed by atoms with E-state index in [1.807, 2.05) is 0 Å². The van der Waals surface area contributed by atoms with E-state index in [0.717, 1.165) is 6.07 Å². The van der Waals surface area contributed by atoms with E-state index in [9.17, 15) is 12.8 Å². The van der Waals surface area contributed by atoms with Crippen LogP contribution in [0.4, 0.5) is 10.1 Å². The van der Waals surface area contributed by atoms with Crippen LogP contribution in [0.3, 0.4) is 0 Å². The number of hydrogen-bond donors (Lipinski definition) is 3. The molecule has 0 aliphatic carbocycles. The molecule has 0 unspecified atom stereocenters. The monoisotopic (exact) mass is 290 g/mol. The van der Waals surface area contributed by atoms with Crippen molar-refractivity contribution in [1.29, 1.82) is 0 Å². The van der Waals surface area contributed by atoms with Crippen LogP contribution in [0.1, 0.15) is 25.0 Å². The number of nitrogens with two attached hydrogens (primary N) is 1. The Balaban J connectivity index is 3.43. The van der Waals surface area contributed by atoms with Crippen molar-refractivity contribution >= 4 is 15.7 Å². The highest BCUT2D eigenvalue weighted by molar-refractivity contribution is 7.89. The molecular weight excluding hydrogens is 271 g/mol. The summed E-state index contributed by atoms with van der Waals surface area (Å²) in [5.74, 6) is -0.643. The van der Waals surface area contributed by atoms with Crippen LogP contribution < -0.4 is 10.5 Å². The first kappa shape index (κ1) is 15.9. The zero-order chi connectivity index (χ0) is 15.0. The van der Waals surface area contributed by atoms with Crippen molar-refractivity contribution in [3.05, 3.63) is 23.0 Å². The van der Waals surface area contributed by atoms with Crippen LogP contribution in [0, 0.1) is 19.7 Å². The second-order valence-electron chi connectivity index (χ2n) is 5.19. The summed E-state index contributed by atoms with van der Waals surface area (Å²) in [5, 5.41) is 9.13. The molecule has 1 aromatic carbocycles. The first-order valence-electron chi connectivity index (χ1n) is 5.72. The molecule has 0 heterocycles. The van der Waals surface area contributed by atoms with Gasteiger partial charge in [-0.05, 0) is 44.9 Å². The Labute approximate surface area is 112 Å². The largest absolute Gasteiger partial charge is 0.396 e. The van der Waals surface area contributed by atoms with E-state index in [1.54, 1.807) is 13.8 Å². The first-order chi connectivity index (χ1) is 8.52. The van der Waals surface area contributed by atoms with E-state index in [2.05, 4.69) is 4.72 Å². The molecule has 5 nitrogen and oxygen atoms in total. The van der Waals surface area contributed by atoms with Gasteiger partial charge in [0.25, 0.3) is 0 Å². The fourth-order valence-corrected chi connectivity index (χ4v) is 3.68. The lowest BCUT2D eigenvalue weighted by Crippen LogP contribution is -2.46. The van der Waals surface area contributed by atoms with Crippen molar-refractivity contribution in [2.24, 2.45) is 0 Å². The molecular formula is C12H19FN2O3S. The minimum absolute atomic E-state index is 0.0482. The maximum atomic E-state index is 13.4. The fraction of sp³-hybridized carbons (Fsp3) is 0.500. The highest BCUT2D eigenvalue weighted by Gasteiger charge is 2.29. The number of sulfonamides is 1. The minimum atomic E-state index is -3.89. The van der Waals surface area contributed by atoms with Crippen molar-refractivity contribution in [3.63, 3.8) is 0 Å². The van der Waals surface area contributed by atoms with E-state index in [4.69, 9.17) is 10.8 Å². The lowest BCUT2D eigenvalue weighted by Gasteiger charge is -2.24. The normalized spacial score (nSPS) is 12.7. The summed E-state index contributed by atoms with van der Waals surface area (Å²) in [5.41, 5.74) is 4.76. The molecule has 1 rings (SSSR count). The highest BCUT2D eigenvalue weighted by Crippen LogP contribution is 2.28. The number of anilines is 1. The van der Waals surface area contributed by atoms with Crippen LogP contribution >= 0.6 is 0 Å². The summed E-state index contributed by atoms with van der Waals surface area (Å²) in [7, 11) is -3.89. The molecule has 0 aliphatic heterocycles. The molecule has 0 radical (unpaired) electrons. The summed E-state index contributed by atoms with van der Waals surface area (Å²) in [6.45, 7) is 5.67. The molecule has 0 fully saturated rings. The second kappa shape index (κ2) is 5.07. The molecule has 1 aromatic rings. The van der Waals surface area contributed by atoms with Gasteiger partial charge in [0.2, 0.25) is 10.0 Å². The van der Waals surface area contributed by atoms with E-state index >= 15 is 0 Å². The third-order valence-electron chi connectivity index (χ3n) is 2.78. The number of aliphatic hydroxyl groups is 1. The maximum absolute atomic E-state index is 13.4. The number of benzene rings is 1. The quantitative estimate of drug-likeness (QED) is 0.723. The number of hydrogen-bond acceptors (Lipinski definition) is 4. The molecule has 7 heteroatoms. The van der Waals surface area contributed by atoms with Gasteiger partial charge in [-0.25, -0.2) is 17.5 Å². The predicted octanol–water partition coefficient (Wildman–Crippen LogP) is 1.07. The molecule has 0 atom stereocenters. The van der Waals surface area contributed by atoms with Crippen LogP contribution in [0.5, 0.6) is 0 Å². The van der Waals surface area contributed by atoms with Gasteiger partial charge in [0.15, 0.2) is 0 Å². The van der Waals surface area contributed by atoms with Crippen LogP contribution in [-0.4, -0.2) is 25.7 Å².